The number of likely N-dealkylation sites (tertiary alicyclic amines) is 1. The average molecular weight is 959 g/mol. The zero-order chi connectivity index (χ0) is 51.3. The Morgan fingerprint density at radius 3 is 2.09 bits per heavy atom. The second-order valence-corrected chi connectivity index (χ2v) is 20.7. The average Bonchev–Trinajstić information content (AvgIpc) is 3.74. The number of hydrogen-bond donors (Lipinski definition) is 8. The Balaban J connectivity index is 1.50. The van der Waals surface area contributed by atoms with Crippen molar-refractivity contribution in [2.75, 3.05) is 20.2 Å². The number of fused-ring (bicyclic) bond motifs is 1. The van der Waals surface area contributed by atoms with E-state index in [2.05, 4.69) is 38.0 Å². The van der Waals surface area contributed by atoms with Gasteiger partial charge in [-0.2, -0.15) is 0 Å². The third-order valence-electron chi connectivity index (χ3n) is 13.5. The van der Waals surface area contributed by atoms with E-state index in [0.29, 0.717) is 5.56 Å². The van der Waals surface area contributed by atoms with Crippen molar-refractivity contribution in [2.45, 2.75) is 162 Å². The fourth-order valence-electron chi connectivity index (χ4n) is 8.70. The van der Waals surface area contributed by atoms with Crippen LogP contribution in [0.3, 0.4) is 0 Å². The van der Waals surface area contributed by atoms with Crippen molar-refractivity contribution in [3.05, 3.63) is 70.8 Å². The number of nitrogens with one attached hydrogen (secondary N) is 6. The van der Waals surface area contributed by atoms with Gasteiger partial charge in [0.05, 0.1) is 18.7 Å². The van der Waals surface area contributed by atoms with Crippen LogP contribution in [0.2, 0.25) is 0 Å². The SMILES string of the molecule is CN[C@@H](C)C(=O)N[C@H](C(=O)N1C[C@@H](CC(=O)c2cccc(C(=O)CCC[C@@H](NC(=O)[C@H](NC(=O)[C@H](N)CO)C(C)C)C(=O)N[C@@H](C)C(C)C)c2)C[C@H]1C(=O)N[C@@H]1CCCc2ccccc21)C(C)(C)C. The highest BCUT2D eigenvalue weighted by Gasteiger charge is 2.46. The molecule has 1 aliphatic carbocycles. The molecule has 69 heavy (non-hydrogen) atoms. The van der Waals surface area contributed by atoms with Crippen LogP contribution in [0.4, 0.5) is 0 Å². The lowest BCUT2D eigenvalue weighted by Gasteiger charge is -2.36. The summed E-state index contributed by atoms with van der Waals surface area (Å²) in [7, 11) is 1.65. The molecule has 0 bridgehead atoms. The zero-order valence-electron chi connectivity index (χ0n) is 42.3. The molecule has 17 heteroatoms. The molecule has 2 aromatic rings. The van der Waals surface area contributed by atoms with E-state index in [4.69, 9.17) is 5.73 Å². The van der Waals surface area contributed by atoms with Crippen LogP contribution in [-0.4, -0.2) is 120 Å². The summed E-state index contributed by atoms with van der Waals surface area (Å²) in [5.74, 6) is -4.11. The van der Waals surface area contributed by atoms with Crippen molar-refractivity contribution in [3.8, 4) is 0 Å². The number of aliphatic hydroxyl groups excluding tert-OH is 1. The Kier molecular flexibility index (Phi) is 20.6. The maximum Gasteiger partial charge on any atom is 0.246 e. The first-order valence-electron chi connectivity index (χ1n) is 24.6. The van der Waals surface area contributed by atoms with Crippen LogP contribution in [0.25, 0.3) is 0 Å². The Morgan fingerprint density at radius 1 is 0.797 bits per heavy atom. The molecule has 1 saturated heterocycles. The van der Waals surface area contributed by atoms with Gasteiger partial charge in [0.1, 0.15) is 30.2 Å². The Hall–Kier alpha value is -5.52. The van der Waals surface area contributed by atoms with Crippen molar-refractivity contribution in [1.82, 2.24) is 36.8 Å². The summed E-state index contributed by atoms with van der Waals surface area (Å²) < 4.78 is 0. The van der Waals surface area contributed by atoms with Crippen LogP contribution < -0.4 is 37.6 Å². The first-order valence-corrected chi connectivity index (χ1v) is 24.6. The third kappa shape index (κ3) is 15.5. The number of rotatable bonds is 23. The summed E-state index contributed by atoms with van der Waals surface area (Å²) >= 11 is 0. The monoisotopic (exact) mass is 959 g/mol. The summed E-state index contributed by atoms with van der Waals surface area (Å²) in [5.41, 5.74) is 7.75. The van der Waals surface area contributed by atoms with Gasteiger partial charge in [0.15, 0.2) is 11.6 Å². The number of benzene rings is 2. The molecule has 380 valence electrons. The zero-order valence-corrected chi connectivity index (χ0v) is 42.3. The minimum absolute atomic E-state index is 0.00412. The van der Waals surface area contributed by atoms with Gasteiger partial charge in [-0.25, -0.2) is 0 Å². The number of aliphatic hydroxyl groups is 1. The highest BCUT2D eigenvalue weighted by Crippen LogP contribution is 2.34. The van der Waals surface area contributed by atoms with E-state index in [9.17, 15) is 43.5 Å². The molecule has 2 aliphatic rings. The minimum Gasteiger partial charge on any atom is -0.394 e. The molecular formula is C52H78N8O9. The van der Waals surface area contributed by atoms with E-state index >= 15 is 0 Å². The molecule has 9 atom stereocenters. The number of amides is 6. The molecule has 1 heterocycles. The molecule has 1 aliphatic heterocycles. The number of nitrogens with two attached hydrogens (primary N) is 1. The van der Waals surface area contributed by atoms with Gasteiger partial charge in [-0.15, -0.1) is 0 Å². The van der Waals surface area contributed by atoms with Crippen molar-refractivity contribution in [1.29, 1.82) is 0 Å². The summed E-state index contributed by atoms with van der Waals surface area (Å²) in [4.78, 5) is 111. The lowest BCUT2D eigenvalue weighted by atomic mass is 9.85. The normalized spacial score (nSPS) is 19.6. The quantitative estimate of drug-likeness (QED) is 0.0751. The summed E-state index contributed by atoms with van der Waals surface area (Å²) in [6.45, 7) is 15.9. The minimum atomic E-state index is -1.23. The molecule has 1 fully saturated rings. The third-order valence-corrected chi connectivity index (χ3v) is 13.5. The van der Waals surface area contributed by atoms with Gasteiger partial charge in [-0.1, -0.05) is 90.9 Å². The van der Waals surface area contributed by atoms with E-state index in [0.717, 1.165) is 24.8 Å². The van der Waals surface area contributed by atoms with Gasteiger partial charge in [0, 0.05) is 36.6 Å². The highest BCUT2D eigenvalue weighted by molar-refractivity contribution is 6.02. The molecule has 0 spiro atoms. The van der Waals surface area contributed by atoms with E-state index < -0.39 is 77.8 Å². The van der Waals surface area contributed by atoms with Crippen molar-refractivity contribution >= 4 is 47.0 Å². The maximum atomic E-state index is 14.6. The van der Waals surface area contributed by atoms with Crippen LogP contribution in [0.15, 0.2) is 48.5 Å². The van der Waals surface area contributed by atoms with E-state index in [-0.39, 0.29) is 91.5 Å². The first-order chi connectivity index (χ1) is 32.5. The summed E-state index contributed by atoms with van der Waals surface area (Å²) in [6, 6.07) is 8.18. The van der Waals surface area contributed by atoms with E-state index in [1.807, 2.05) is 59.7 Å². The molecule has 0 unspecified atom stereocenters. The molecule has 9 N–H and O–H groups in total. The summed E-state index contributed by atoms with van der Waals surface area (Å²) in [6.07, 6.45) is 3.05. The van der Waals surface area contributed by atoms with Crippen LogP contribution in [0, 0.1) is 23.2 Å². The van der Waals surface area contributed by atoms with Crippen LogP contribution in [-0.2, 0) is 35.2 Å². The Bertz CT molecular complexity index is 2150. The van der Waals surface area contributed by atoms with Crippen LogP contribution in [0.1, 0.15) is 145 Å². The van der Waals surface area contributed by atoms with E-state index in [1.165, 1.54) is 16.5 Å². The topological polar surface area (TPSA) is 258 Å². The van der Waals surface area contributed by atoms with Crippen molar-refractivity contribution in [3.63, 3.8) is 0 Å². The fourth-order valence-corrected chi connectivity index (χ4v) is 8.70. The fraction of sp³-hybridized carbons (Fsp3) is 0.615. The number of likely N-dealkylation sites (N-methyl/N-ethyl adjacent to an activating group) is 1. The van der Waals surface area contributed by atoms with Crippen molar-refractivity contribution < 1.29 is 43.5 Å². The lowest BCUT2D eigenvalue weighted by Crippen LogP contribution is -2.59. The number of nitrogens with zero attached hydrogens (tertiary/aromatic N) is 1. The number of hydrogen-bond acceptors (Lipinski definition) is 11. The number of aryl methyl sites for hydroxylation is 1. The molecule has 2 aromatic carbocycles. The predicted octanol–water partition coefficient (Wildman–Crippen LogP) is 3.27. The van der Waals surface area contributed by atoms with Gasteiger partial charge in [-0.05, 0) is 99.8 Å². The van der Waals surface area contributed by atoms with Gasteiger partial charge >= 0.3 is 0 Å². The largest absolute Gasteiger partial charge is 0.394 e. The Morgan fingerprint density at radius 2 is 1.46 bits per heavy atom. The standard InChI is InChI=1S/C52H78N8O9/c1-29(2)31(5)55-48(66)40(57-50(68)44(30(3)4)58-47(65)38(53)28-61)22-15-23-42(62)35-18-13-19-36(26-35)43(63)25-33-24-41(49(67)56-39-21-14-17-34-16-11-12-20-37(34)39)60(27-33)51(69)45(52(7,8)9)59-46(64)32(6)54-10/h11-13,16,18-20,26,29-33,38-41,44-45,54,61H,14-15,17,21-25,27-28,53H2,1-10H3,(H,55,66)(H,56,67)(H,57,68)(H,58,65)(H,59,64)/t31-,32-,33+,38+,39+,40+,41-,44+,45+/m0/s1. The lowest BCUT2D eigenvalue weighted by molar-refractivity contribution is -0.144. The Labute approximate surface area is 408 Å². The van der Waals surface area contributed by atoms with Crippen molar-refractivity contribution in [2.24, 2.45) is 28.9 Å². The number of ketones is 2. The molecule has 6 amide bonds. The van der Waals surface area contributed by atoms with Gasteiger partial charge in [-0.3, -0.25) is 38.4 Å². The van der Waals surface area contributed by atoms with Crippen LogP contribution >= 0.6 is 0 Å². The number of carbonyl (C=O) groups excluding carboxylic acids is 8. The van der Waals surface area contributed by atoms with Gasteiger partial charge < -0.3 is 47.6 Å². The second-order valence-electron chi connectivity index (χ2n) is 20.7. The predicted molar refractivity (Wildman–Crippen MR) is 264 cm³/mol. The molecular weight excluding hydrogens is 881 g/mol. The van der Waals surface area contributed by atoms with Gasteiger partial charge in [0.2, 0.25) is 35.4 Å². The first kappa shape index (κ1) is 56.1. The maximum absolute atomic E-state index is 14.6. The number of carbonyl (C=O) groups is 8. The molecule has 4 rings (SSSR count). The summed E-state index contributed by atoms with van der Waals surface area (Å²) in [5, 5.41) is 26.6. The van der Waals surface area contributed by atoms with Crippen LogP contribution in [0.5, 0.6) is 0 Å². The highest BCUT2D eigenvalue weighted by atomic mass is 16.3. The van der Waals surface area contributed by atoms with Gasteiger partial charge in [0.25, 0.3) is 0 Å². The molecule has 0 aromatic heterocycles. The number of Topliss-reactive ketones (excluding diaryl/α,β-unsaturated/α-hetero) is 2. The molecule has 0 radical (unpaired) electrons. The smallest absolute Gasteiger partial charge is 0.246 e. The molecule has 17 nitrogen and oxygen atoms in total. The second kappa shape index (κ2) is 25.4. The molecule has 0 saturated carbocycles. The van der Waals surface area contributed by atoms with E-state index in [1.54, 1.807) is 46.0 Å².